The predicted molar refractivity (Wildman–Crippen MR) is 64.2 cm³/mol. The monoisotopic (exact) mass is 205 g/mol. The van der Waals surface area contributed by atoms with Crippen LogP contribution in [0.4, 0.5) is 5.69 Å². The first-order valence-electron chi connectivity index (χ1n) is 5.40. The minimum Gasteiger partial charge on any atom is -0.388 e. The standard InChI is InChI=1S/C13H19NO/c1-10(11(2)15)7-8-12-5-4-6-13(9-12)14-3/h4-6,9-10,14H,7-8H2,1-3H3/t10-/m0/s1. The second-order valence-electron chi connectivity index (χ2n) is 4.00. The lowest BCUT2D eigenvalue weighted by atomic mass is 9.98. The third kappa shape index (κ3) is 3.74. The van der Waals surface area contributed by atoms with Crippen molar-refractivity contribution in [2.75, 3.05) is 12.4 Å². The molecule has 1 atom stereocenters. The number of carbonyl (C=O) groups is 1. The Morgan fingerprint density at radius 1 is 1.47 bits per heavy atom. The van der Waals surface area contributed by atoms with Crippen molar-refractivity contribution in [1.29, 1.82) is 0 Å². The molecule has 15 heavy (non-hydrogen) atoms. The van der Waals surface area contributed by atoms with Gasteiger partial charge in [0.05, 0.1) is 0 Å². The summed E-state index contributed by atoms with van der Waals surface area (Å²) in [4.78, 5) is 11.1. The molecule has 1 aromatic carbocycles. The van der Waals surface area contributed by atoms with E-state index in [0.29, 0.717) is 0 Å². The Hall–Kier alpha value is -1.31. The number of anilines is 1. The van der Waals surface area contributed by atoms with Gasteiger partial charge in [-0.05, 0) is 37.5 Å². The number of hydrogen-bond acceptors (Lipinski definition) is 2. The predicted octanol–water partition coefficient (Wildman–Crippen LogP) is 2.89. The molecule has 1 aromatic rings. The maximum atomic E-state index is 11.1. The number of aryl methyl sites for hydroxylation is 1. The van der Waals surface area contributed by atoms with Crippen molar-refractivity contribution in [2.45, 2.75) is 26.7 Å². The summed E-state index contributed by atoms with van der Waals surface area (Å²) in [6.07, 6.45) is 1.90. The van der Waals surface area contributed by atoms with Crippen molar-refractivity contribution in [1.82, 2.24) is 0 Å². The van der Waals surface area contributed by atoms with Gasteiger partial charge in [0.15, 0.2) is 0 Å². The van der Waals surface area contributed by atoms with Crippen molar-refractivity contribution < 1.29 is 4.79 Å². The second-order valence-corrected chi connectivity index (χ2v) is 4.00. The largest absolute Gasteiger partial charge is 0.388 e. The van der Waals surface area contributed by atoms with Crippen molar-refractivity contribution in [3.63, 3.8) is 0 Å². The van der Waals surface area contributed by atoms with Crippen LogP contribution in [0.15, 0.2) is 24.3 Å². The van der Waals surface area contributed by atoms with E-state index in [0.717, 1.165) is 18.5 Å². The number of benzene rings is 1. The zero-order chi connectivity index (χ0) is 11.3. The Kier molecular flexibility index (Phi) is 4.35. The number of rotatable bonds is 5. The van der Waals surface area contributed by atoms with Gasteiger partial charge in [0.1, 0.15) is 5.78 Å². The van der Waals surface area contributed by atoms with Gasteiger partial charge in [0, 0.05) is 18.7 Å². The van der Waals surface area contributed by atoms with Crippen molar-refractivity contribution in [2.24, 2.45) is 5.92 Å². The zero-order valence-electron chi connectivity index (χ0n) is 9.71. The van der Waals surface area contributed by atoms with Gasteiger partial charge < -0.3 is 5.32 Å². The van der Waals surface area contributed by atoms with Crippen LogP contribution >= 0.6 is 0 Å². The highest BCUT2D eigenvalue weighted by atomic mass is 16.1. The Bertz CT molecular complexity index is 333. The molecule has 0 bridgehead atoms. The van der Waals surface area contributed by atoms with Crippen LogP contribution in [0.3, 0.4) is 0 Å². The normalized spacial score (nSPS) is 12.2. The second kappa shape index (κ2) is 5.54. The molecule has 1 rings (SSSR count). The van der Waals surface area contributed by atoms with Gasteiger partial charge >= 0.3 is 0 Å². The Balaban J connectivity index is 2.53. The average Bonchev–Trinajstić information content (AvgIpc) is 2.26. The van der Waals surface area contributed by atoms with Gasteiger partial charge in [-0.2, -0.15) is 0 Å². The van der Waals surface area contributed by atoms with Gasteiger partial charge in [0.25, 0.3) is 0 Å². The SMILES string of the molecule is CNc1cccc(CC[C@H](C)C(C)=O)c1. The Morgan fingerprint density at radius 3 is 2.80 bits per heavy atom. The molecule has 0 radical (unpaired) electrons. The van der Waals surface area contributed by atoms with E-state index in [1.54, 1.807) is 6.92 Å². The Morgan fingerprint density at radius 2 is 2.20 bits per heavy atom. The van der Waals surface area contributed by atoms with Crippen LogP contribution in [0.25, 0.3) is 0 Å². The van der Waals surface area contributed by atoms with Gasteiger partial charge in [-0.3, -0.25) is 4.79 Å². The van der Waals surface area contributed by atoms with E-state index in [4.69, 9.17) is 0 Å². The molecule has 0 amide bonds. The fraction of sp³-hybridized carbons (Fsp3) is 0.462. The fourth-order valence-electron chi connectivity index (χ4n) is 1.47. The molecule has 0 aliphatic heterocycles. The lowest BCUT2D eigenvalue weighted by Gasteiger charge is -2.08. The molecule has 2 nitrogen and oxygen atoms in total. The summed E-state index contributed by atoms with van der Waals surface area (Å²) in [5.41, 5.74) is 2.41. The molecule has 2 heteroatoms. The summed E-state index contributed by atoms with van der Waals surface area (Å²) >= 11 is 0. The highest BCUT2D eigenvalue weighted by molar-refractivity contribution is 5.77. The minimum atomic E-state index is 0.170. The van der Waals surface area contributed by atoms with E-state index < -0.39 is 0 Å². The quantitative estimate of drug-likeness (QED) is 0.800. The zero-order valence-corrected chi connectivity index (χ0v) is 9.71. The van der Waals surface area contributed by atoms with E-state index in [2.05, 4.69) is 17.4 Å². The first-order valence-corrected chi connectivity index (χ1v) is 5.40. The molecular formula is C13H19NO. The lowest BCUT2D eigenvalue weighted by molar-refractivity contribution is -0.120. The first-order chi connectivity index (χ1) is 7.13. The minimum absolute atomic E-state index is 0.170. The van der Waals surface area contributed by atoms with Crippen molar-refractivity contribution in [3.05, 3.63) is 29.8 Å². The highest BCUT2D eigenvalue weighted by Gasteiger charge is 2.07. The van der Waals surface area contributed by atoms with E-state index in [1.165, 1.54) is 5.56 Å². The van der Waals surface area contributed by atoms with Crippen LogP contribution in [-0.4, -0.2) is 12.8 Å². The van der Waals surface area contributed by atoms with Gasteiger partial charge in [-0.15, -0.1) is 0 Å². The van der Waals surface area contributed by atoms with Crippen LogP contribution in [0.2, 0.25) is 0 Å². The molecular weight excluding hydrogens is 186 g/mol. The summed E-state index contributed by atoms with van der Waals surface area (Å²) in [5.74, 6) is 0.447. The molecule has 0 aliphatic rings. The third-order valence-electron chi connectivity index (χ3n) is 2.78. The lowest BCUT2D eigenvalue weighted by Crippen LogP contribution is -2.07. The maximum absolute atomic E-state index is 11.1. The maximum Gasteiger partial charge on any atom is 0.132 e. The first kappa shape index (κ1) is 11.8. The molecule has 0 aromatic heterocycles. The van der Waals surface area contributed by atoms with Crippen molar-refractivity contribution in [3.8, 4) is 0 Å². The molecule has 0 heterocycles. The van der Waals surface area contributed by atoms with E-state index >= 15 is 0 Å². The highest BCUT2D eigenvalue weighted by Crippen LogP contribution is 2.14. The molecule has 0 saturated carbocycles. The fourth-order valence-corrected chi connectivity index (χ4v) is 1.47. The van der Waals surface area contributed by atoms with Gasteiger partial charge in [-0.1, -0.05) is 19.1 Å². The topological polar surface area (TPSA) is 29.1 Å². The molecule has 82 valence electrons. The summed E-state index contributed by atoms with van der Waals surface area (Å²) in [6, 6.07) is 8.32. The molecule has 1 N–H and O–H groups in total. The third-order valence-corrected chi connectivity index (χ3v) is 2.78. The van der Waals surface area contributed by atoms with E-state index in [-0.39, 0.29) is 11.7 Å². The number of ketones is 1. The average molecular weight is 205 g/mol. The summed E-state index contributed by atoms with van der Waals surface area (Å²) in [6.45, 7) is 3.65. The van der Waals surface area contributed by atoms with Crippen LogP contribution in [0.5, 0.6) is 0 Å². The van der Waals surface area contributed by atoms with Crippen LogP contribution in [-0.2, 0) is 11.2 Å². The van der Waals surface area contributed by atoms with E-state index in [1.807, 2.05) is 26.1 Å². The number of hydrogen-bond donors (Lipinski definition) is 1. The molecule has 0 spiro atoms. The molecule has 0 saturated heterocycles. The van der Waals surface area contributed by atoms with Crippen LogP contribution in [0, 0.1) is 5.92 Å². The number of Topliss-reactive ketones (excluding diaryl/α,β-unsaturated/α-hetero) is 1. The van der Waals surface area contributed by atoms with Crippen LogP contribution < -0.4 is 5.32 Å². The summed E-state index contributed by atoms with van der Waals surface area (Å²) < 4.78 is 0. The molecule has 0 fully saturated rings. The number of nitrogens with one attached hydrogen (secondary N) is 1. The van der Waals surface area contributed by atoms with Crippen LogP contribution in [0.1, 0.15) is 25.8 Å². The van der Waals surface area contributed by atoms with Gasteiger partial charge in [-0.25, -0.2) is 0 Å². The number of carbonyl (C=O) groups excluding carboxylic acids is 1. The summed E-state index contributed by atoms with van der Waals surface area (Å²) in [5, 5.41) is 3.11. The smallest absolute Gasteiger partial charge is 0.132 e. The Labute approximate surface area is 91.7 Å². The summed E-state index contributed by atoms with van der Waals surface area (Å²) in [7, 11) is 1.91. The van der Waals surface area contributed by atoms with Gasteiger partial charge in [0.2, 0.25) is 0 Å². The van der Waals surface area contributed by atoms with Crippen molar-refractivity contribution >= 4 is 11.5 Å². The molecule has 0 unspecified atom stereocenters. The molecule has 0 aliphatic carbocycles. The van der Waals surface area contributed by atoms with E-state index in [9.17, 15) is 4.79 Å².